The summed E-state index contributed by atoms with van der Waals surface area (Å²) in [5, 5.41) is 3.47. The molecular formula is C8H16N2. The van der Waals surface area contributed by atoms with E-state index in [0.717, 1.165) is 6.04 Å². The van der Waals surface area contributed by atoms with Gasteiger partial charge in [0.25, 0.3) is 0 Å². The Balaban J connectivity index is 1.78. The molecule has 0 radical (unpaired) electrons. The van der Waals surface area contributed by atoms with Gasteiger partial charge in [0.05, 0.1) is 0 Å². The average Bonchev–Trinajstić information content (AvgIpc) is 2.47. The Kier molecular flexibility index (Phi) is 1.46. The standard InChI is InChI=1S/C8H16N2/c9-8(3-4-8)6-7-2-1-5-10-7/h7,10H,1-6,9H2. The fraction of sp³-hybridized carbons (Fsp3) is 1.00. The first kappa shape index (κ1) is 6.62. The summed E-state index contributed by atoms with van der Waals surface area (Å²) in [6, 6.07) is 0.743. The summed E-state index contributed by atoms with van der Waals surface area (Å²) < 4.78 is 0. The van der Waals surface area contributed by atoms with E-state index < -0.39 is 0 Å². The van der Waals surface area contributed by atoms with Crippen LogP contribution in [-0.4, -0.2) is 18.1 Å². The zero-order valence-corrected chi connectivity index (χ0v) is 6.40. The van der Waals surface area contributed by atoms with Gasteiger partial charge in [-0.3, -0.25) is 0 Å². The van der Waals surface area contributed by atoms with Crippen molar-refractivity contribution in [3.63, 3.8) is 0 Å². The Labute approximate surface area is 62.2 Å². The highest BCUT2D eigenvalue weighted by Gasteiger charge is 2.40. The van der Waals surface area contributed by atoms with Gasteiger partial charge in [-0.15, -0.1) is 0 Å². The number of nitrogens with one attached hydrogen (secondary N) is 1. The fourth-order valence-electron chi connectivity index (χ4n) is 1.79. The number of rotatable bonds is 2. The predicted octanol–water partition coefficient (Wildman–Crippen LogP) is 0.620. The zero-order valence-electron chi connectivity index (χ0n) is 6.40. The van der Waals surface area contributed by atoms with Crippen LogP contribution in [0.3, 0.4) is 0 Å². The fourth-order valence-corrected chi connectivity index (χ4v) is 1.79. The summed E-state index contributed by atoms with van der Waals surface area (Å²) in [4.78, 5) is 0. The van der Waals surface area contributed by atoms with E-state index in [4.69, 9.17) is 5.73 Å². The molecule has 10 heavy (non-hydrogen) atoms. The van der Waals surface area contributed by atoms with Gasteiger partial charge in [-0.1, -0.05) is 0 Å². The molecule has 1 aliphatic carbocycles. The molecule has 1 heterocycles. The molecule has 1 atom stereocenters. The van der Waals surface area contributed by atoms with Crippen LogP contribution in [0.25, 0.3) is 0 Å². The summed E-state index contributed by atoms with van der Waals surface area (Å²) in [6.07, 6.45) is 6.42. The summed E-state index contributed by atoms with van der Waals surface area (Å²) in [6.45, 7) is 1.21. The number of hydrogen-bond acceptors (Lipinski definition) is 2. The normalized spacial score (nSPS) is 36.3. The minimum Gasteiger partial charge on any atom is -0.325 e. The first-order valence-corrected chi connectivity index (χ1v) is 4.31. The topological polar surface area (TPSA) is 38.0 Å². The van der Waals surface area contributed by atoms with Crippen LogP contribution in [0.1, 0.15) is 32.1 Å². The van der Waals surface area contributed by atoms with Crippen molar-refractivity contribution in [2.45, 2.75) is 43.7 Å². The molecule has 0 aromatic rings. The summed E-state index contributed by atoms with van der Waals surface area (Å²) in [5.74, 6) is 0. The van der Waals surface area contributed by atoms with Crippen molar-refractivity contribution in [2.75, 3.05) is 6.54 Å². The van der Waals surface area contributed by atoms with E-state index in [1.807, 2.05) is 0 Å². The first-order valence-electron chi connectivity index (χ1n) is 4.31. The number of nitrogens with two attached hydrogens (primary N) is 1. The van der Waals surface area contributed by atoms with Crippen molar-refractivity contribution < 1.29 is 0 Å². The molecule has 2 aliphatic rings. The van der Waals surface area contributed by atoms with Gasteiger partial charge in [-0.05, 0) is 38.6 Å². The van der Waals surface area contributed by atoms with E-state index in [9.17, 15) is 0 Å². The first-order chi connectivity index (χ1) is 4.79. The molecule has 2 rings (SSSR count). The van der Waals surface area contributed by atoms with Crippen LogP contribution in [0.15, 0.2) is 0 Å². The molecule has 1 aliphatic heterocycles. The van der Waals surface area contributed by atoms with E-state index >= 15 is 0 Å². The third-order valence-corrected chi connectivity index (χ3v) is 2.71. The van der Waals surface area contributed by atoms with Crippen LogP contribution in [0.4, 0.5) is 0 Å². The van der Waals surface area contributed by atoms with Crippen LogP contribution in [0.2, 0.25) is 0 Å². The highest BCUT2D eigenvalue weighted by atomic mass is 15.0. The van der Waals surface area contributed by atoms with Crippen LogP contribution >= 0.6 is 0 Å². The molecule has 1 saturated heterocycles. The third-order valence-electron chi connectivity index (χ3n) is 2.71. The van der Waals surface area contributed by atoms with Crippen LogP contribution < -0.4 is 11.1 Å². The zero-order chi connectivity index (χ0) is 7.03. The van der Waals surface area contributed by atoms with Crippen LogP contribution in [0.5, 0.6) is 0 Å². The molecule has 2 heteroatoms. The molecule has 3 N–H and O–H groups in total. The Hall–Kier alpha value is -0.0800. The monoisotopic (exact) mass is 140 g/mol. The summed E-state index contributed by atoms with van der Waals surface area (Å²) in [5.41, 5.74) is 6.24. The van der Waals surface area contributed by atoms with Crippen molar-refractivity contribution >= 4 is 0 Å². The van der Waals surface area contributed by atoms with Crippen molar-refractivity contribution in [1.82, 2.24) is 5.32 Å². The second-order valence-electron chi connectivity index (χ2n) is 3.86. The maximum atomic E-state index is 5.99. The van der Waals surface area contributed by atoms with Gasteiger partial charge >= 0.3 is 0 Å². The lowest BCUT2D eigenvalue weighted by Crippen LogP contribution is -2.32. The van der Waals surface area contributed by atoms with Gasteiger partial charge < -0.3 is 11.1 Å². The molecule has 0 amide bonds. The minimum absolute atomic E-state index is 0.252. The second kappa shape index (κ2) is 2.21. The van der Waals surface area contributed by atoms with Gasteiger partial charge in [0.15, 0.2) is 0 Å². The molecule has 2 nitrogen and oxygen atoms in total. The minimum atomic E-state index is 0.252. The SMILES string of the molecule is NC1(CC2CCCN2)CC1. The van der Waals surface area contributed by atoms with Gasteiger partial charge in [0, 0.05) is 11.6 Å². The van der Waals surface area contributed by atoms with Crippen molar-refractivity contribution in [1.29, 1.82) is 0 Å². The Bertz CT molecular complexity index is 123. The van der Waals surface area contributed by atoms with Crippen LogP contribution in [0, 0.1) is 0 Å². The van der Waals surface area contributed by atoms with Gasteiger partial charge in [-0.2, -0.15) is 0 Å². The molecule has 1 saturated carbocycles. The van der Waals surface area contributed by atoms with Crippen LogP contribution in [-0.2, 0) is 0 Å². The molecule has 1 unspecified atom stereocenters. The summed E-state index contributed by atoms with van der Waals surface area (Å²) >= 11 is 0. The average molecular weight is 140 g/mol. The third kappa shape index (κ3) is 1.32. The van der Waals surface area contributed by atoms with E-state index in [1.54, 1.807) is 0 Å². The molecule has 58 valence electrons. The molecule has 0 spiro atoms. The van der Waals surface area contributed by atoms with Gasteiger partial charge in [0.1, 0.15) is 0 Å². The Morgan fingerprint density at radius 1 is 1.50 bits per heavy atom. The molecular weight excluding hydrogens is 124 g/mol. The van der Waals surface area contributed by atoms with E-state index in [1.165, 1.54) is 38.6 Å². The smallest absolute Gasteiger partial charge is 0.0170 e. The number of hydrogen-bond donors (Lipinski definition) is 2. The predicted molar refractivity (Wildman–Crippen MR) is 41.8 cm³/mol. The van der Waals surface area contributed by atoms with E-state index in [2.05, 4.69) is 5.32 Å². The van der Waals surface area contributed by atoms with Gasteiger partial charge in [0.2, 0.25) is 0 Å². The van der Waals surface area contributed by atoms with Crippen molar-refractivity contribution in [3.05, 3.63) is 0 Å². The largest absolute Gasteiger partial charge is 0.325 e. The Morgan fingerprint density at radius 2 is 2.30 bits per heavy atom. The van der Waals surface area contributed by atoms with Gasteiger partial charge in [-0.25, -0.2) is 0 Å². The Morgan fingerprint density at radius 3 is 2.80 bits per heavy atom. The summed E-state index contributed by atoms with van der Waals surface area (Å²) in [7, 11) is 0. The maximum Gasteiger partial charge on any atom is 0.0170 e. The lowest BCUT2D eigenvalue weighted by Gasteiger charge is -2.14. The lowest BCUT2D eigenvalue weighted by molar-refractivity contribution is 0.478. The van der Waals surface area contributed by atoms with E-state index in [-0.39, 0.29) is 5.54 Å². The highest BCUT2D eigenvalue weighted by Crippen LogP contribution is 2.37. The lowest BCUT2D eigenvalue weighted by atomic mass is 10.1. The molecule has 0 aromatic carbocycles. The quantitative estimate of drug-likeness (QED) is 0.590. The molecule has 2 fully saturated rings. The maximum absolute atomic E-state index is 5.99. The molecule has 0 aromatic heterocycles. The van der Waals surface area contributed by atoms with Crippen molar-refractivity contribution in [2.24, 2.45) is 5.73 Å². The van der Waals surface area contributed by atoms with Crippen molar-refractivity contribution in [3.8, 4) is 0 Å². The van der Waals surface area contributed by atoms with E-state index in [0.29, 0.717) is 0 Å². The molecule has 0 bridgehead atoms. The highest BCUT2D eigenvalue weighted by molar-refractivity contribution is 5.01. The second-order valence-corrected chi connectivity index (χ2v) is 3.86.